The summed E-state index contributed by atoms with van der Waals surface area (Å²) in [6, 6.07) is 54.0. The van der Waals surface area contributed by atoms with Gasteiger partial charge in [0.2, 0.25) is 0 Å². The first-order chi connectivity index (χ1) is 57.0. The molecule has 2 aliphatic heterocycles. The molecular weight excluding hydrogens is 1240 g/mol. The van der Waals surface area contributed by atoms with Gasteiger partial charge in [-0.05, 0) is 162 Å². The van der Waals surface area contributed by atoms with E-state index in [0.29, 0.717) is 67.4 Å². The number of furan rings is 1. The molecule has 5 heterocycles. The van der Waals surface area contributed by atoms with E-state index in [-0.39, 0.29) is 60.6 Å². The average molecular weight is 1330 g/mol. The van der Waals surface area contributed by atoms with Crippen LogP contribution in [0.1, 0.15) is 126 Å². The van der Waals surface area contributed by atoms with Gasteiger partial charge < -0.3 is 23.4 Å². The van der Waals surface area contributed by atoms with E-state index in [1.54, 1.807) is 18.2 Å². The van der Waals surface area contributed by atoms with E-state index in [9.17, 15) is 16.4 Å². The van der Waals surface area contributed by atoms with Gasteiger partial charge in [0.25, 0.3) is 0 Å². The predicted octanol–water partition coefficient (Wildman–Crippen LogP) is 27.1. The molecule has 17 aromatic rings. The summed E-state index contributed by atoms with van der Waals surface area (Å²) < 4.78 is 182. The lowest BCUT2D eigenvalue weighted by Gasteiger charge is -2.46. The Morgan fingerprint density at radius 1 is 0.304 bits per heavy atom. The van der Waals surface area contributed by atoms with Crippen molar-refractivity contribution < 1.29 is 29.1 Å². The van der Waals surface area contributed by atoms with Crippen molar-refractivity contribution in [3.63, 3.8) is 0 Å². The maximum atomic E-state index is 10.1. The van der Waals surface area contributed by atoms with Crippen LogP contribution in [0.25, 0.3) is 121 Å². The molecule has 0 bridgehead atoms. The lowest BCUT2D eigenvalue weighted by atomic mass is 9.74. The topological polar surface area (TPSA) is 29.5 Å². The molecule has 102 heavy (non-hydrogen) atoms. The van der Waals surface area contributed by atoms with Crippen LogP contribution in [0, 0.1) is 0 Å². The van der Waals surface area contributed by atoms with Gasteiger partial charge in [-0.3, -0.25) is 0 Å². The van der Waals surface area contributed by atoms with Gasteiger partial charge in [0.05, 0.1) is 92.2 Å². The zero-order valence-electron chi connectivity index (χ0n) is 75.7. The summed E-state index contributed by atoms with van der Waals surface area (Å²) in [4.78, 5) is 4.13. The average Bonchev–Trinajstić information content (AvgIpc) is 0.984. The summed E-state index contributed by atoms with van der Waals surface area (Å²) in [6.45, 7) is 19.7. The van der Waals surface area contributed by atoms with Crippen LogP contribution >= 0.6 is 0 Å². The Hall–Kier alpha value is -11.9. The predicted molar refractivity (Wildman–Crippen MR) is 431 cm³/mol. The first kappa shape index (κ1) is 45.0. The van der Waals surface area contributed by atoms with Gasteiger partial charge in [0.15, 0.2) is 11.2 Å². The molecule has 19 rings (SSSR count). The van der Waals surface area contributed by atoms with Crippen molar-refractivity contribution in [3.8, 4) is 55.9 Å². The Kier molecular flexibility index (Phi) is 10.1. The Morgan fingerprint density at radius 3 is 1.25 bits per heavy atom. The van der Waals surface area contributed by atoms with Crippen molar-refractivity contribution in [2.45, 2.75) is 84.5 Å². The van der Waals surface area contributed by atoms with E-state index < -0.39 is 120 Å². The molecule has 0 amide bonds. The number of anilines is 6. The van der Waals surface area contributed by atoms with E-state index in [1.165, 1.54) is 4.57 Å². The van der Waals surface area contributed by atoms with E-state index in [0.717, 1.165) is 71.8 Å². The minimum Gasteiger partial charge on any atom is -0.452 e. The van der Waals surface area contributed by atoms with Crippen LogP contribution in [0.3, 0.4) is 0 Å². The smallest absolute Gasteiger partial charge is 0.159 e. The summed E-state index contributed by atoms with van der Waals surface area (Å²) >= 11 is 0. The van der Waals surface area contributed by atoms with E-state index in [2.05, 4.69) is 126 Å². The summed E-state index contributed by atoms with van der Waals surface area (Å²) in [5.41, 5.74) is 13.6. The molecule has 492 valence electrons. The molecule has 5 heteroatoms. The first-order valence-electron chi connectivity index (χ1n) is 43.5. The van der Waals surface area contributed by atoms with Gasteiger partial charge in [-0.2, -0.15) is 0 Å². The van der Waals surface area contributed by atoms with E-state index in [1.807, 2.05) is 126 Å². The van der Waals surface area contributed by atoms with Crippen LogP contribution in [-0.4, -0.2) is 9.13 Å². The summed E-state index contributed by atoms with van der Waals surface area (Å²) in [5.74, 6) is -0.916. The van der Waals surface area contributed by atoms with E-state index in [4.69, 9.17) is 12.6 Å². The standard InChI is InChI=1S/C97H78N4O/c1-95(2,3)66-46-50-82-78(54-66)79-55-67(96(4,5)6)47-51-83(79)99(82)84-42-26-38-72-73-39-27-43-85(94(73)102-93(72)84)100-86-52-64(60-28-14-10-15-29-60)44-48-74(86)90-75-49-45-65(61-30-16-11-17-31-61)53-87(75)101(89-59-69(58-88(100)91(89)90)98-80-40-24-22-36-70(80)71-37-23-25-41-81(71)98)92-76(62-32-18-12-19-33-62)56-68(97(7,8)9)57-77(92)63-34-20-13-21-35-63/h10-59,90H,1-9H3/i10D,11D,14D,15D,16D,17D,22D,23D,24D,25D,28D,29D,30D,31D,36D,37D,40D,41D. The molecule has 2 aliphatic rings. The minimum absolute atomic E-state index is 0.0877. The second kappa shape index (κ2) is 22.8. The molecule has 3 aromatic heterocycles. The molecule has 5 nitrogen and oxygen atoms in total. The van der Waals surface area contributed by atoms with Crippen molar-refractivity contribution in [2.24, 2.45) is 0 Å². The Bertz CT molecular complexity index is 7140. The van der Waals surface area contributed by atoms with E-state index >= 15 is 0 Å². The summed E-state index contributed by atoms with van der Waals surface area (Å²) in [7, 11) is 0. The summed E-state index contributed by atoms with van der Waals surface area (Å²) in [5, 5.41) is 3.21. The van der Waals surface area contributed by atoms with Crippen LogP contribution in [0.15, 0.2) is 307 Å². The van der Waals surface area contributed by atoms with Gasteiger partial charge in [-0.25, -0.2) is 0 Å². The molecule has 1 unspecified atom stereocenters. The number of para-hydroxylation sites is 4. The number of hydrogen-bond donors (Lipinski definition) is 0. The Balaban J connectivity index is 1.03. The number of hydrogen-bond acceptors (Lipinski definition) is 3. The van der Waals surface area contributed by atoms with Crippen LogP contribution in [0.5, 0.6) is 0 Å². The molecular formula is C97H78N4O. The maximum absolute atomic E-state index is 10.1. The number of rotatable bonds is 8. The molecule has 0 spiro atoms. The Morgan fingerprint density at radius 2 is 0.755 bits per heavy atom. The van der Waals surface area contributed by atoms with Crippen LogP contribution in [-0.2, 0) is 16.2 Å². The zero-order valence-corrected chi connectivity index (χ0v) is 57.7. The number of nitrogens with zero attached hydrogens (tertiary/aromatic N) is 4. The van der Waals surface area contributed by atoms with Gasteiger partial charge in [0.1, 0.15) is 0 Å². The highest BCUT2D eigenvalue weighted by Crippen LogP contribution is 2.64. The number of fused-ring (bicyclic) bond motifs is 13. The second-order valence-corrected chi connectivity index (χ2v) is 29.9. The Labute approximate surface area is 621 Å². The quantitative estimate of drug-likeness (QED) is 0.152. The normalized spacial score (nSPS) is 16.3. The lowest BCUT2D eigenvalue weighted by Crippen LogP contribution is -2.30. The zero-order chi connectivity index (χ0) is 84.7. The molecule has 0 radical (unpaired) electrons. The largest absolute Gasteiger partial charge is 0.452 e. The molecule has 14 aromatic carbocycles. The van der Waals surface area contributed by atoms with Crippen molar-refractivity contribution in [1.82, 2.24) is 9.13 Å². The van der Waals surface area contributed by atoms with Crippen LogP contribution in [0.2, 0.25) is 0 Å². The third-order valence-corrected chi connectivity index (χ3v) is 20.8. The third kappa shape index (κ3) is 9.58. The maximum Gasteiger partial charge on any atom is 0.159 e. The highest BCUT2D eigenvalue weighted by atomic mass is 16.3. The minimum atomic E-state index is -0.916. The van der Waals surface area contributed by atoms with Crippen molar-refractivity contribution in [3.05, 3.63) is 336 Å². The SMILES string of the molecule is [2H]c1c([2H])c([2H])c(-c2ccc3c(c2)N(c2c(-c4ccccc4)cc(C(C)(C)C)cc2-c2ccccc2)c2cc(-n4c5c([2H])c([2H])c([2H])c([2H])c5c5c([2H])c([2H])c([2H])c([2H])c54)cc4c2C3c2ccc(-c3c([2H])c([2H])c([2H])c([2H])c3[2H])cc2N4c2cccc3c2oc2c(-n4c5ccc(C(C)(C)C)cc5c5cc(C(C)(C)C)ccc54)cccc23)c([2H])c1[2H]. The molecule has 0 aliphatic carbocycles. The first-order valence-corrected chi connectivity index (χ1v) is 34.5. The molecule has 1 atom stereocenters. The van der Waals surface area contributed by atoms with Crippen molar-refractivity contribution in [1.29, 1.82) is 0 Å². The molecule has 0 saturated heterocycles. The van der Waals surface area contributed by atoms with Gasteiger partial charge in [0, 0.05) is 54.9 Å². The fourth-order valence-corrected chi connectivity index (χ4v) is 15.7. The van der Waals surface area contributed by atoms with Crippen LogP contribution < -0.4 is 9.80 Å². The highest BCUT2D eigenvalue weighted by Gasteiger charge is 2.44. The fourth-order valence-electron chi connectivity index (χ4n) is 15.7. The lowest BCUT2D eigenvalue weighted by molar-refractivity contribution is 0.590. The molecule has 0 N–H and O–H groups in total. The van der Waals surface area contributed by atoms with Gasteiger partial charge in [-0.1, -0.05) is 280 Å². The van der Waals surface area contributed by atoms with Crippen molar-refractivity contribution in [2.75, 3.05) is 9.80 Å². The van der Waals surface area contributed by atoms with Gasteiger partial charge in [-0.15, -0.1) is 0 Å². The number of benzene rings is 14. The monoisotopic (exact) mass is 1330 g/mol. The fraction of sp³-hybridized carbons (Fsp3) is 0.134. The highest BCUT2D eigenvalue weighted by molar-refractivity contribution is 6.17. The third-order valence-electron chi connectivity index (χ3n) is 20.8. The number of aromatic nitrogens is 2. The van der Waals surface area contributed by atoms with Crippen LogP contribution in [0.4, 0.5) is 34.1 Å². The van der Waals surface area contributed by atoms with Gasteiger partial charge >= 0.3 is 0 Å². The molecule has 0 saturated carbocycles. The second-order valence-electron chi connectivity index (χ2n) is 29.9. The van der Waals surface area contributed by atoms with Crippen molar-refractivity contribution >= 4 is 99.7 Å². The molecule has 0 fully saturated rings. The summed E-state index contributed by atoms with van der Waals surface area (Å²) in [6.07, 6.45) is 0.